The Kier molecular flexibility index (Phi) is 8.69. The molecule has 1 atom stereocenters. The van der Waals surface area contributed by atoms with E-state index in [4.69, 9.17) is 10.2 Å². The summed E-state index contributed by atoms with van der Waals surface area (Å²) in [6.07, 6.45) is 2.21. The second-order valence-electron chi connectivity index (χ2n) is 11.1. The monoisotopic (exact) mass is 574 g/mol. The van der Waals surface area contributed by atoms with Crippen molar-refractivity contribution in [1.29, 1.82) is 0 Å². The van der Waals surface area contributed by atoms with Gasteiger partial charge in [-0.25, -0.2) is 0 Å². The van der Waals surface area contributed by atoms with Crippen molar-refractivity contribution in [2.75, 3.05) is 0 Å². The summed E-state index contributed by atoms with van der Waals surface area (Å²) in [4.78, 5) is 0. The molecule has 0 saturated carbocycles. The van der Waals surface area contributed by atoms with Crippen molar-refractivity contribution in [3.63, 3.8) is 0 Å². The lowest BCUT2D eigenvalue weighted by Crippen LogP contribution is -1.98. The van der Waals surface area contributed by atoms with Gasteiger partial charge in [0.2, 0.25) is 0 Å². The maximum absolute atomic E-state index is 4.72. The van der Waals surface area contributed by atoms with E-state index in [1.54, 1.807) is 0 Å². The van der Waals surface area contributed by atoms with Crippen LogP contribution >= 0.6 is 0 Å². The molecule has 6 rings (SSSR count). The summed E-state index contributed by atoms with van der Waals surface area (Å²) in [5.41, 5.74) is 7.27. The standard InChI is InChI=1S/C38H34N6/c1-4-26(2)25-28-15-22-36(33-10-6-5-9-32(28)33)43-44-38-24-23-37(34-11-7-8-12-35(34)38)42-41-31-20-18-30(19-21-31)40-39-29-16-13-27(3)14-17-29/h5-24,26H,4,25H2,1-3H3. The Morgan fingerprint density at radius 2 is 0.841 bits per heavy atom. The molecule has 0 bridgehead atoms. The number of aryl methyl sites for hydroxylation is 1. The van der Waals surface area contributed by atoms with Gasteiger partial charge in [-0.05, 0) is 84.8 Å². The van der Waals surface area contributed by atoms with Gasteiger partial charge in [0.15, 0.2) is 0 Å². The van der Waals surface area contributed by atoms with E-state index < -0.39 is 0 Å². The van der Waals surface area contributed by atoms with Crippen molar-refractivity contribution in [1.82, 2.24) is 0 Å². The minimum absolute atomic E-state index is 0.633. The molecule has 216 valence electrons. The molecular formula is C38H34N6. The van der Waals surface area contributed by atoms with E-state index in [0.29, 0.717) is 5.92 Å². The van der Waals surface area contributed by atoms with Crippen LogP contribution in [0.3, 0.4) is 0 Å². The van der Waals surface area contributed by atoms with Crippen molar-refractivity contribution in [3.8, 4) is 0 Å². The summed E-state index contributed by atoms with van der Waals surface area (Å²) in [5.74, 6) is 0.633. The lowest BCUT2D eigenvalue weighted by molar-refractivity contribution is 0.562. The quantitative estimate of drug-likeness (QED) is 0.154. The molecule has 6 aromatic carbocycles. The van der Waals surface area contributed by atoms with Crippen LogP contribution in [0.15, 0.2) is 152 Å². The molecule has 0 radical (unpaired) electrons. The fraction of sp³-hybridized carbons (Fsp3) is 0.158. The minimum Gasteiger partial charge on any atom is -0.151 e. The van der Waals surface area contributed by atoms with Gasteiger partial charge in [-0.2, -0.15) is 15.3 Å². The average Bonchev–Trinajstić information content (AvgIpc) is 3.07. The van der Waals surface area contributed by atoms with Gasteiger partial charge in [-0.1, -0.05) is 92.6 Å². The smallest absolute Gasteiger partial charge is 0.0936 e. The third-order valence-corrected chi connectivity index (χ3v) is 7.84. The SMILES string of the molecule is CCC(C)Cc1ccc(N=Nc2ccc(N=Nc3ccc(N=Nc4ccc(C)cc4)cc3)c3ccccc23)c2ccccc12. The third kappa shape index (κ3) is 6.65. The predicted octanol–water partition coefficient (Wildman–Crippen LogP) is 13.1. The fourth-order valence-corrected chi connectivity index (χ4v) is 5.10. The molecule has 0 N–H and O–H groups in total. The molecule has 0 aliphatic rings. The first-order chi connectivity index (χ1) is 21.6. The van der Waals surface area contributed by atoms with Gasteiger partial charge in [0.1, 0.15) is 0 Å². The molecule has 6 nitrogen and oxygen atoms in total. The fourth-order valence-electron chi connectivity index (χ4n) is 5.10. The highest BCUT2D eigenvalue weighted by Gasteiger charge is 2.10. The Labute approximate surface area is 257 Å². The maximum Gasteiger partial charge on any atom is 0.0936 e. The van der Waals surface area contributed by atoms with Crippen molar-refractivity contribution in [3.05, 3.63) is 132 Å². The Balaban J connectivity index is 1.23. The van der Waals surface area contributed by atoms with Crippen LogP contribution in [-0.2, 0) is 6.42 Å². The van der Waals surface area contributed by atoms with Crippen molar-refractivity contribution >= 4 is 55.7 Å². The van der Waals surface area contributed by atoms with Crippen LogP contribution in [0, 0.1) is 12.8 Å². The number of azo groups is 3. The van der Waals surface area contributed by atoms with Gasteiger partial charge in [-0.3, -0.25) is 0 Å². The Hall–Kier alpha value is -5.36. The third-order valence-electron chi connectivity index (χ3n) is 7.84. The first-order valence-electron chi connectivity index (χ1n) is 15.0. The van der Waals surface area contributed by atoms with E-state index in [2.05, 4.69) is 70.7 Å². The van der Waals surface area contributed by atoms with E-state index in [1.165, 1.54) is 16.5 Å². The van der Waals surface area contributed by atoms with E-state index in [-0.39, 0.29) is 0 Å². The van der Waals surface area contributed by atoms with Gasteiger partial charge < -0.3 is 0 Å². The van der Waals surface area contributed by atoms with E-state index in [9.17, 15) is 0 Å². The number of nitrogens with zero attached hydrogens (tertiary/aromatic N) is 6. The number of fused-ring (bicyclic) bond motifs is 2. The van der Waals surface area contributed by atoms with E-state index in [1.807, 2.05) is 91.9 Å². The molecule has 0 amide bonds. The summed E-state index contributed by atoms with van der Waals surface area (Å²) in [5, 5.41) is 31.4. The Morgan fingerprint density at radius 3 is 1.34 bits per heavy atom. The summed E-state index contributed by atoms with van der Waals surface area (Å²) >= 11 is 0. The molecule has 6 heteroatoms. The van der Waals surface area contributed by atoms with Crippen LogP contribution in [0.2, 0.25) is 0 Å². The van der Waals surface area contributed by atoms with Crippen LogP contribution in [0.25, 0.3) is 21.5 Å². The molecule has 0 saturated heterocycles. The van der Waals surface area contributed by atoms with Crippen LogP contribution in [-0.4, -0.2) is 0 Å². The lowest BCUT2D eigenvalue weighted by Gasteiger charge is -2.12. The molecule has 1 unspecified atom stereocenters. The normalized spacial score (nSPS) is 12.7. The van der Waals surface area contributed by atoms with Crippen molar-refractivity contribution < 1.29 is 0 Å². The first kappa shape index (κ1) is 28.7. The van der Waals surface area contributed by atoms with Crippen molar-refractivity contribution in [2.45, 2.75) is 33.6 Å². The Bertz CT molecular complexity index is 1990. The largest absolute Gasteiger partial charge is 0.151 e. The zero-order valence-corrected chi connectivity index (χ0v) is 25.2. The number of hydrogen-bond acceptors (Lipinski definition) is 6. The maximum atomic E-state index is 4.72. The molecular weight excluding hydrogens is 540 g/mol. The first-order valence-corrected chi connectivity index (χ1v) is 15.0. The zero-order chi connectivity index (χ0) is 30.3. The number of hydrogen-bond donors (Lipinski definition) is 0. The topological polar surface area (TPSA) is 74.2 Å². The molecule has 44 heavy (non-hydrogen) atoms. The highest BCUT2D eigenvalue weighted by Crippen LogP contribution is 2.37. The van der Waals surface area contributed by atoms with Gasteiger partial charge in [0, 0.05) is 16.2 Å². The van der Waals surface area contributed by atoms with E-state index in [0.717, 1.165) is 63.1 Å². The molecule has 0 spiro atoms. The number of benzene rings is 6. The second kappa shape index (κ2) is 13.3. The molecule has 0 aromatic heterocycles. The predicted molar refractivity (Wildman–Crippen MR) is 181 cm³/mol. The van der Waals surface area contributed by atoms with Crippen molar-refractivity contribution in [2.24, 2.45) is 36.6 Å². The summed E-state index contributed by atoms with van der Waals surface area (Å²) in [7, 11) is 0. The van der Waals surface area contributed by atoms with E-state index >= 15 is 0 Å². The molecule has 0 fully saturated rings. The zero-order valence-electron chi connectivity index (χ0n) is 25.2. The lowest BCUT2D eigenvalue weighted by atomic mass is 9.94. The highest BCUT2D eigenvalue weighted by atomic mass is 15.1. The van der Waals surface area contributed by atoms with Crippen LogP contribution < -0.4 is 0 Å². The second-order valence-corrected chi connectivity index (χ2v) is 11.1. The summed E-state index contributed by atoms with van der Waals surface area (Å²) in [6, 6.07) is 40.2. The number of rotatable bonds is 9. The summed E-state index contributed by atoms with van der Waals surface area (Å²) in [6.45, 7) is 6.59. The highest BCUT2D eigenvalue weighted by molar-refractivity contribution is 6.00. The van der Waals surface area contributed by atoms with Gasteiger partial charge >= 0.3 is 0 Å². The molecule has 0 aliphatic heterocycles. The van der Waals surface area contributed by atoms with Gasteiger partial charge in [0.05, 0.1) is 34.1 Å². The average molecular weight is 575 g/mol. The summed E-state index contributed by atoms with van der Waals surface area (Å²) < 4.78 is 0. The van der Waals surface area contributed by atoms with Crippen LogP contribution in [0.5, 0.6) is 0 Å². The van der Waals surface area contributed by atoms with Crippen LogP contribution in [0.4, 0.5) is 34.1 Å². The van der Waals surface area contributed by atoms with Gasteiger partial charge in [-0.15, -0.1) is 15.3 Å². The molecule has 0 aliphatic carbocycles. The molecule has 0 heterocycles. The van der Waals surface area contributed by atoms with Crippen LogP contribution in [0.1, 0.15) is 31.4 Å². The van der Waals surface area contributed by atoms with Gasteiger partial charge in [0.25, 0.3) is 0 Å². The molecule has 6 aromatic rings. The Morgan fingerprint density at radius 1 is 0.455 bits per heavy atom. The minimum atomic E-state index is 0.633.